The van der Waals surface area contributed by atoms with E-state index < -0.39 is 0 Å². The van der Waals surface area contributed by atoms with E-state index in [1.165, 1.54) is 12.1 Å². The van der Waals surface area contributed by atoms with Crippen LogP contribution in [0.3, 0.4) is 0 Å². The Morgan fingerprint density at radius 3 is 2.54 bits per heavy atom. The Morgan fingerprint density at radius 1 is 1.17 bits per heavy atom. The van der Waals surface area contributed by atoms with E-state index in [2.05, 4.69) is 5.32 Å². The Kier molecular flexibility index (Phi) is 5.50. The van der Waals surface area contributed by atoms with E-state index in [9.17, 15) is 4.79 Å². The van der Waals surface area contributed by atoms with Crippen LogP contribution in [0.5, 0.6) is 11.5 Å². The van der Waals surface area contributed by atoms with Crippen LogP contribution in [0.25, 0.3) is 0 Å². The summed E-state index contributed by atoms with van der Waals surface area (Å²) in [5.74, 6) is 0.510. The molecule has 0 unspecified atom stereocenters. The molecule has 2 aromatic carbocycles. The third-order valence-electron chi connectivity index (χ3n) is 3.28. The molecule has 1 N–H and O–H groups in total. The zero-order valence-corrected chi connectivity index (χ0v) is 15.2. The summed E-state index contributed by atoms with van der Waals surface area (Å²) in [6, 6.07) is 10.3. The Balaban J connectivity index is 1.70. The summed E-state index contributed by atoms with van der Waals surface area (Å²) in [6.45, 7) is 1.30. The molecule has 0 saturated carbocycles. The van der Waals surface area contributed by atoms with Gasteiger partial charge in [-0.25, -0.2) is 4.79 Å². The number of anilines is 1. The SMILES string of the molecule is O=C1NCCN1c1ccc(SOc2c(Cl)cc(Cl)cc2OCl)cc1. The number of nitrogens with one attached hydrogen (secondary N) is 1. The lowest BCUT2D eigenvalue weighted by molar-refractivity contribution is 0.252. The monoisotopic (exact) mass is 404 g/mol. The first-order valence-corrected chi connectivity index (χ1v) is 8.66. The minimum atomic E-state index is -0.0940. The van der Waals surface area contributed by atoms with Gasteiger partial charge in [0.1, 0.15) is 11.9 Å². The van der Waals surface area contributed by atoms with Crippen molar-refractivity contribution in [3.63, 3.8) is 0 Å². The summed E-state index contributed by atoms with van der Waals surface area (Å²) in [5, 5.41) is 3.44. The predicted molar refractivity (Wildman–Crippen MR) is 96.6 cm³/mol. The second-order valence-corrected chi connectivity index (χ2v) is 6.64. The van der Waals surface area contributed by atoms with E-state index in [1.807, 2.05) is 24.3 Å². The van der Waals surface area contributed by atoms with E-state index in [0.29, 0.717) is 18.1 Å². The number of urea groups is 1. The summed E-state index contributed by atoms with van der Waals surface area (Å²) in [5.41, 5.74) is 0.823. The van der Waals surface area contributed by atoms with Gasteiger partial charge in [0.15, 0.2) is 5.75 Å². The van der Waals surface area contributed by atoms with Gasteiger partial charge in [-0.15, -0.1) is 0 Å². The predicted octanol–water partition coefficient (Wildman–Crippen LogP) is 5.14. The molecule has 126 valence electrons. The minimum Gasteiger partial charge on any atom is -0.415 e. The Morgan fingerprint density at radius 2 is 1.92 bits per heavy atom. The molecule has 1 heterocycles. The first-order chi connectivity index (χ1) is 11.6. The molecule has 3 rings (SSSR count). The summed E-state index contributed by atoms with van der Waals surface area (Å²) in [6.07, 6.45) is 0. The number of benzene rings is 2. The van der Waals surface area contributed by atoms with Gasteiger partial charge in [-0.3, -0.25) is 4.90 Å². The normalized spacial score (nSPS) is 13.8. The lowest BCUT2D eigenvalue weighted by Crippen LogP contribution is -2.27. The Bertz CT molecular complexity index is 758. The van der Waals surface area contributed by atoms with Crippen LogP contribution in [0.1, 0.15) is 0 Å². The fourth-order valence-electron chi connectivity index (χ4n) is 2.16. The highest BCUT2D eigenvalue weighted by Crippen LogP contribution is 2.41. The molecule has 9 heteroatoms. The van der Waals surface area contributed by atoms with E-state index in [1.54, 1.807) is 4.90 Å². The maximum atomic E-state index is 11.6. The maximum absolute atomic E-state index is 11.6. The Hall–Kier alpha value is -1.47. The van der Waals surface area contributed by atoms with Gasteiger partial charge in [0.2, 0.25) is 5.75 Å². The van der Waals surface area contributed by atoms with Crippen molar-refractivity contribution >= 4 is 58.8 Å². The molecule has 0 atom stereocenters. The fraction of sp³-hybridized carbons (Fsp3) is 0.133. The average Bonchev–Trinajstić information content (AvgIpc) is 3.00. The number of nitrogens with zero attached hydrogens (tertiary/aromatic N) is 1. The number of hydrogen-bond acceptors (Lipinski definition) is 4. The molecular weight excluding hydrogens is 395 g/mol. The number of halogens is 3. The van der Waals surface area contributed by atoms with E-state index in [-0.39, 0.29) is 22.6 Å². The third kappa shape index (κ3) is 3.78. The zero-order chi connectivity index (χ0) is 17.1. The summed E-state index contributed by atoms with van der Waals surface area (Å²) in [7, 11) is 0. The molecule has 1 saturated heterocycles. The molecular formula is C15H11Cl3N2O3S. The smallest absolute Gasteiger partial charge is 0.321 e. The standard InChI is InChI=1S/C15H11Cl3N2O3S/c16-9-7-12(17)14(13(8-9)22-18)23-24-11-3-1-10(2-4-11)20-6-5-19-15(20)21/h1-4,7-8H,5-6H2,(H,19,21). The molecule has 2 amide bonds. The molecule has 0 aliphatic carbocycles. The second kappa shape index (κ2) is 7.61. The van der Waals surface area contributed by atoms with Crippen molar-refractivity contribution in [1.29, 1.82) is 0 Å². The molecule has 5 nitrogen and oxygen atoms in total. The quantitative estimate of drug-likeness (QED) is 0.700. The number of amides is 2. The van der Waals surface area contributed by atoms with Crippen molar-refractivity contribution in [2.45, 2.75) is 4.90 Å². The van der Waals surface area contributed by atoms with E-state index >= 15 is 0 Å². The molecule has 0 radical (unpaired) electrons. The van der Waals surface area contributed by atoms with Crippen molar-refractivity contribution < 1.29 is 13.3 Å². The molecule has 24 heavy (non-hydrogen) atoms. The van der Waals surface area contributed by atoms with Crippen LogP contribution in [0.4, 0.5) is 10.5 Å². The zero-order valence-electron chi connectivity index (χ0n) is 12.1. The topological polar surface area (TPSA) is 50.8 Å². The van der Waals surface area contributed by atoms with Crippen molar-refractivity contribution in [2.75, 3.05) is 18.0 Å². The van der Waals surface area contributed by atoms with Crippen LogP contribution in [0.15, 0.2) is 41.3 Å². The maximum Gasteiger partial charge on any atom is 0.321 e. The third-order valence-corrected chi connectivity index (χ3v) is 4.66. The minimum absolute atomic E-state index is 0.0940. The first-order valence-electron chi connectivity index (χ1n) is 6.86. The van der Waals surface area contributed by atoms with Gasteiger partial charge in [0, 0.05) is 34.8 Å². The fourth-order valence-corrected chi connectivity index (χ4v) is 3.44. The number of hydrogen-bond donors (Lipinski definition) is 1. The number of carbonyl (C=O) groups is 1. The first kappa shape index (κ1) is 17.4. The van der Waals surface area contributed by atoms with E-state index in [4.69, 9.17) is 43.5 Å². The van der Waals surface area contributed by atoms with Crippen LogP contribution >= 0.6 is 47.1 Å². The summed E-state index contributed by atoms with van der Waals surface area (Å²) in [4.78, 5) is 14.1. The molecule has 0 bridgehead atoms. The second-order valence-electron chi connectivity index (χ2n) is 4.84. The highest BCUT2D eigenvalue weighted by molar-refractivity contribution is 7.95. The molecule has 2 aromatic rings. The van der Waals surface area contributed by atoms with Gasteiger partial charge in [-0.1, -0.05) is 23.2 Å². The van der Waals surface area contributed by atoms with Crippen molar-refractivity contribution in [2.24, 2.45) is 0 Å². The van der Waals surface area contributed by atoms with Crippen molar-refractivity contribution in [3.05, 3.63) is 46.4 Å². The van der Waals surface area contributed by atoms with Gasteiger partial charge in [-0.05, 0) is 30.3 Å². The van der Waals surface area contributed by atoms with E-state index in [0.717, 1.165) is 22.6 Å². The van der Waals surface area contributed by atoms with Crippen LogP contribution in [-0.2, 0) is 0 Å². The lowest BCUT2D eigenvalue weighted by Gasteiger charge is -2.14. The summed E-state index contributed by atoms with van der Waals surface area (Å²) >= 11 is 18.5. The van der Waals surface area contributed by atoms with Gasteiger partial charge in [-0.2, -0.15) is 0 Å². The lowest BCUT2D eigenvalue weighted by atomic mass is 10.3. The van der Waals surface area contributed by atoms with Gasteiger partial charge >= 0.3 is 6.03 Å². The van der Waals surface area contributed by atoms with Gasteiger partial charge in [0.05, 0.1) is 17.1 Å². The molecule has 1 aliphatic rings. The van der Waals surface area contributed by atoms with Crippen LogP contribution in [0, 0.1) is 0 Å². The Labute approximate surface area is 158 Å². The molecule has 0 spiro atoms. The average molecular weight is 406 g/mol. The van der Waals surface area contributed by atoms with Crippen LogP contribution in [-0.4, -0.2) is 19.1 Å². The van der Waals surface area contributed by atoms with Crippen molar-refractivity contribution in [3.8, 4) is 11.5 Å². The summed E-state index contributed by atoms with van der Waals surface area (Å²) < 4.78 is 10.3. The van der Waals surface area contributed by atoms with Crippen LogP contribution in [0.2, 0.25) is 10.0 Å². The van der Waals surface area contributed by atoms with Crippen LogP contribution < -0.4 is 18.7 Å². The highest BCUT2D eigenvalue weighted by atomic mass is 35.5. The molecule has 0 aromatic heterocycles. The van der Waals surface area contributed by atoms with Gasteiger partial charge in [0.25, 0.3) is 0 Å². The highest BCUT2D eigenvalue weighted by Gasteiger charge is 2.21. The largest absolute Gasteiger partial charge is 0.415 e. The number of carbonyl (C=O) groups excluding carboxylic acids is 1. The molecule has 1 aliphatic heterocycles. The van der Waals surface area contributed by atoms with Gasteiger partial charge < -0.3 is 13.8 Å². The molecule has 1 fully saturated rings. The number of rotatable bonds is 5. The van der Waals surface area contributed by atoms with Crippen molar-refractivity contribution in [1.82, 2.24) is 5.32 Å².